The SMILES string of the molecule is COc1ccc(C(C)(O)c2ccc3cccnc3c2)cc1. The molecule has 0 saturated carbocycles. The van der Waals surface area contributed by atoms with Crippen LogP contribution in [0.1, 0.15) is 18.1 Å². The van der Waals surface area contributed by atoms with Gasteiger partial charge in [0.05, 0.1) is 12.6 Å². The van der Waals surface area contributed by atoms with Crippen LogP contribution in [0.25, 0.3) is 10.9 Å². The Kier molecular flexibility index (Phi) is 3.35. The molecule has 1 heterocycles. The second-order valence-corrected chi connectivity index (χ2v) is 5.21. The summed E-state index contributed by atoms with van der Waals surface area (Å²) < 4.78 is 5.15. The topological polar surface area (TPSA) is 42.4 Å². The summed E-state index contributed by atoms with van der Waals surface area (Å²) in [7, 11) is 1.63. The van der Waals surface area contributed by atoms with Crippen LogP contribution >= 0.6 is 0 Å². The van der Waals surface area contributed by atoms with Crippen molar-refractivity contribution in [2.45, 2.75) is 12.5 Å². The number of ether oxygens (including phenoxy) is 1. The number of nitrogens with zero attached hydrogens (tertiary/aromatic N) is 1. The van der Waals surface area contributed by atoms with Gasteiger partial charge in [0.2, 0.25) is 0 Å². The van der Waals surface area contributed by atoms with E-state index in [0.717, 1.165) is 27.8 Å². The molecule has 2 aromatic carbocycles. The average Bonchev–Trinajstić information content (AvgIpc) is 2.54. The first kappa shape index (κ1) is 13.6. The summed E-state index contributed by atoms with van der Waals surface area (Å²) in [6.45, 7) is 1.79. The van der Waals surface area contributed by atoms with Crippen molar-refractivity contribution < 1.29 is 9.84 Å². The highest BCUT2D eigenvalue weighted by molar-refractivity contribution is 5.79. The maximum atomic E-state index is 10.9. The van der Waals surface area contributed by atoms with Gasteiger partial charge in [0.1, 0.15) is 11.4 Å². The van der Waals surface area contributed by atoms with Crippen molar-refractivity contribution in [2.75, 3.05) is 7.11 Å². The molecule has 0 aliphatic rings. The Morgan fingerprint density at radius 3 is 2.43 bits per heavy atom. The normalized spacial score (nSPS) is 13.9. The van der Waals surface area contributed by atoms with E-state index in [-0.39, 0.29) is 0 Å². The molecular formula is C18H17NO2. The molecule has 3 rings (SSSR count). The van der Waals surface area contributed by atoms with Crippen molar-refractivity contribution in [3.63, 3.8) is 0 Å². The van der Waals surface area contributed by atoms with Crippen molar-refractivity contribution >= 4 is 10.9 Å². The molecule has 3 nitrogen and oxygen atoms in total. The van der Waals surface area contributed by atoms with Gasteiger partial charge in [-0.25, -0.2) is 0 Å². The third kappa shape index (κ3) is 2.48. The van der Waals surface area contributed by atoms with Gasteiger partial charge < -0.3 is 9.84 Å². The molecule has 0 radical (unpaired) electrons. The molecule has 3 aromatic rings. The largest absolute Gasteiger partial charge is 0.497 e. The van der Waals surface area contributed by atoms with Crippen LogP contribution in [-0.4, -0.2) is 17.2 Å². The molecule has 0 aliphatic heterocycles. The Morgan fingerprint density at radius 2 is 1.71 bits per heavy atom. The highest BCUT2D eigenvalue weighted by Crippen LogP contribution is 2.31. The summed E-state index contributed by atoms with van der Waals surface area (Å²) >= 11 is 0. The Bertz CT molecular complexity index is 764. The molecule has 0 spiro atoms. The number of hydrogen-bond acceptors (Lipinski definition) is 3. The molecule has 0 fully saturated rings. The standard InChI is InChI=1S/C18H17NO2/c1-18(20,14-7-9-16(21-2)10-8-14)15-6-5-13-4-3-11-19-17(13)12-15/h3-12,20H,1-2H3. The maximum absolute atomic E-state index is 10.9. The predicted octanol–water partition coefficient (Wildman–Crippen LogP) is 3.50. The van der Waals surface area contributed by atoms with Gasteiger partial charge in [-0.1, -0.05) is 30.3 Å². The molecule has 0 aliphatic carbocycles. The van der Waals surface area contributed by atoms with Crippen LogP contribution < -0.4 is 4.74 Å². The Hall–Kier alpha value is -2.39. The van der Waals surface area contributed by atoms with Gasteiger partial charge in [-0.3, -0.25) is 4.98 Å². The average molecular weight is 279 g/mol. The van der Waals surface area contributed by atoms with E-state index in [0.29, 0.717) is 0 Å². The molecule has 1 atom stereocenters. The molecule has 1 aromatic heterocycles. The van der Waals surface area contributed by atoms with Crippen molar-refractivity contribution in [1.29, 1.82) is 0 Å². The fourth-order valence-electron chi connectivity index (χ4n) is 2.45. The fourth-order valence-corrected chi connectivity index (χ4v) is 2.45. The quantitative estimate of drug-likeness (QED) is 0.798. The van der Waals surface area contributed by atoms with Gasteiger partial charge in [0.15, 0.2) is 0 Å². The number of fused-ring (bicyclic) bond motifs is 1. The molecular weight excluding hydrogens is 262 g/mol. The van der Waals surface area contributed by atoms with E-state index in [2.05, 4.69) is 4.98 Å². The fraction of sp³-hybridized carbons (Fsp3) is 0.167. The molecule has 3 heteroatoms. The van der Waals surface area contributed by atoms with Gasteiger partial charge in [-0.2, -0.15) is 0 Å². The molecule has 21 heavy (non-hydrogen) atoms. The van der Waals surface area contributed by atoms with Gasteiger partial charge in [0, 0.05) is 11.6 Å². The Morgan fingerprint density at radius 1 is 1.00 bits per heavy atom. The number of methoxy groups -OCH3 is 1. The van der Waals surface area contributed by atoms with Gasteiger partial charge in [0.25, 0.3) is 0 Å². The summed E-state index contributed by atoms with van der Waals surface area (Å²) in [6, 6.07) is 17.2. The second-order valence-electron chi connectivity index (χ2n) is 5.21. The third-order valence-electron chi connectivity index (χ3n) is 3.82. The Balaban J connectivity index is 2.05. The van der Waals surface area contributed by atoms with Crippen LogP contribution in [0.3, 0.4) is 0 Å². The van der Waals surface area contributed by atoms with Crippen LogP contribution in [0, 0.1) is 0 Å². The minimum Gasteiger partial charge on any atom is -0.497 e. The summed E-state index contributed by atoms with van der Waals surface area (Å²) in [4.78, 5) is 4.35. The third-order valence-corrected chi connectivity index (χ3v) is 3.82. The number of rotatable bonds is 3. The van der Waals surface area contributed by atoms with Crippen molar-refractivity contribution in [3.05, 3.63) is 71.9 Å². The molecule has 0 bridgehead atoms. The molecule has 106 valence electrons. The van der Waals surface area contributed by atoms with E-state index in [4.69, 9.17) is 4.74 Å². The second kappa shape index (κ2) is 5.19. The first-order valence-electron chi connectivity index (χ1n) is 6.83. The van der Waals surface area contributed by atoms with Gasteiger partial charge in [-0.05, 0) is 42.3 Å². The molecule has 1 unspecified atom stereocenters. The molecule has 1 N–H and O–H groups in total. The number of aromatic nitrogens is 1. The van der Waals surface area contributed by atoms with Crippen LogP contribution in [0.4, 0.5) is 0 Å². The number of pyridine rings is 1. The summed E-state index contributed by atoms with van der Waals surface area (Å²) in [6.07, 6.45) is 1.76. The van der Waals surface area contributed by atoms with E-state index in [1.165, 1.54) is 0 Å². The molecule has 0 amide bonds. The molecule has 0 saturated heterocycles. The number of benzene rings is 2. The van der Waals surface area contributed by atoms with Crippen LogP contribution in [0.15, 0.2) is 60.8 Å². The van der Waals surface area contributed by atoms with Gasteiger partial charge >= 0.3 is 0 Å². The van der Waals surface area contributed by atoms with Crippen LogP contribution in [-0.2, 0) is 5.60 Å². The summed E-state index contributed by atoms with van der Waals surface area (Å²) in [5.74, 6) is 0.773. The lowest BCUT2D eigenvalue weighted by molar-refractivity contribution is 0.102. The van der Waals surface area contributed by atoms with E-state index in [1.54, 1.807) is 20.2 Å². The van der Waals surface area contributed by atoms with Crippen molar-refractivity contribution in [2.24, 2.45) is 0 Å². The van der Waals surface area contributed by atoms with E-state index in [9.17, 15) is 5.11 Å². The zero-order valence-electron chi connectivity index (χ0n) is 12.1. The lowest BCUT2D eigenvalue weighted by Crippen LogP contribution is -2.22. The maximum Gasteiger partial charge on any atom is 0.118 e. The minimum atomic E-state index is -1.07. The first-order valence-corrected chi connectivity index (χ1v) is 6.83. The monoisotopic (exact) mass is 279 g/mol. The van der Waals surface area contributed by atoms with E-state index >= 15 is 0 Å². The number of aliphatic hydroxyl groups is 1. The predicted molar refractivity (Wildman–Crippen MR) is 83.4 cm³/mol. The zero-order valence-corrected chi connectivity index (χ0v) is 12.1. The highest BCUT2D eigenvalue weighted by atomic mass is 16.5. The number of hydrogen-bond donors (Lipinski definition) is 1. The van der Waals surface area contributed by atoms with Crippen LogP contribution in [0.5, 0.6) is 5.75 Å². The Labute approximate surface area is 123 Å². The lowest BCUT2D eigenvalue weighted by Gasteiger charge is -2.25. The minimum absolute atomic E-state index is 0.773. The summed E-state index contributed by atoms with van der Waals surface area (Å²) in [5, 5.41) is 12.0. The summed E-state index contributed by atoms with van der Waals surface area (Å²) in [5.41, 5.74) is 1.44. The smallest absolute Gasteiger partial charge is 0.118 e. The highest BCUT2D eigenvalue weighted by Gasteiger charge is 2.25. The zero-order chi connectivity index (χ0) is 14.9. The van der Waals surface area contributed by atoms with Crippen molar-refractivity contribution in [1.82, 2.24) is 4.98 Å². The van der Waals surface area contributed by atoms with E-state index < -0.39 is 5.60 Å². The van der Waals surface area contributed by atoms with Crippen molar-refractivity contribution in [3.8, 4) is 5.75 Å². The first-order chi connectivity index (χ1) is 10.1. The van der Waals surface area contributed by atoms with Crippen LogP contribution in [0.2, 0.25) is 0 Å². The lowest BCUT2D eigenvalue weighted by atomic mass is 9.87. The van der Waals surface area contributed by atoms with Gasteiger partial charge in [-0.15, -0.1) is 0 Å². The van der Waals surface area contributed by atoms with E-state index in [1.807, 2.05) is 54.6 Å².